The lowest BCUT2D eigenvalue weighted by Gasteiger charge is -2.12. The topological polar surface area (TPSA) is 30.7 Å². The highest BCUT2D eigenvalue weighted by Crippen LogP contribution is 2.48. The molecule has 47 heavy (non-hydrogen) atoms. The van der Waals surface area contributed by atoms with Gasteiger partial charge in [-0.15, -0.1) is 22.7 Å². The van der Waals surface area contributed by atoms with Crippen LogP contribution in [-0.4, -0.2) is 14.5 Å². The summed E-state index contributed by atoms with van der Waals surface area (Å²) in [5.74, 6) is 0.688. The standard InChI is InChI=1S/C42H23N3S2/c1-2-10-25-23-26(18-17-24(25)9-1)39-31-13-3-6-14-32(31)43-42(44-39)45-33-21-19-29-27-11-4-7-15-35(27)46-40(29)37(33)38-34(45)22-20-30-28-12-5-8-16-36(28)47-41(30)38/h1-23H. The molecular formula is C42H23N3S2. The zero-order valence-electron chi connectivity index (χ0n) is 24.9. The summed E-state index contributed by atoms with van der Waals surface area (Å²) in [6, 6.07) is 50.2. The Morgan fingerprint density at radius 2 is 1.02 bits per heavy atom. The molecule has 4 heterocycles. The van der Waals surface area contributed by atoms with Gasteiger partial charge in [0.1, 0.15) is 0 Å². The molecule has 0 spiro atoms. The summed E-state index contributed by atoms with van der Waals surface area (Å²) in [6.45, 7) is 0. The number of thiophene rings is 2. The van der Waals surface area contributed by atoms with Gasteiger partial charge in [0.05, 0.1) is 22.2 Å². The first-order valence-electron chi connectivity index (χ1n) is 15.8. The third kappa shape index (κ3) is 3.55. The van der Waals surface area contributed by atoms with Gasteiger partial charge in [-0.3, -0.25) is 4.57 Å². The molecule has 4 aromatic heterocycles. The van der Waals surface area contributed by atoms with Crippen molar-refractivity contribution >= 4 is 106 Å². The van der Waals surface area contributed by atoms with Crippen molar-refractivity contribution < 1.29 is 0 Å². The van der Waals surface area contributed by atoms with Crippen molar-refractivity contribution in [3.05, 3.63) is 140 Å². The summed E-state index contributed by atoms with van der Waals surface area (Å²) in [7, 11) is 0. The van der Waals surface area contributed by atoms with Gasteiger partial charge in [0.2, 0.25) is 5.95 Å². The second kappa shape index (κ2) is 9.46. The third-order valence-electron chi connectivity index (χ3n) is 9.60. The minimum Gasteiger partial charge on any atom is -0.278 e. The highest BCUT2D eigenvalue weighted by molar-refractivity contribution is 7.28. The fourth-order valence-electron chi connectivity index (χ4n) is 7.48. The lowest BCUT2D eigenvalue weighted by molar-refractivity contribution is 1.01. The molecule has 0 aliphatic rings. The number of hydrogen-bond donors (Lipinski definition) is 0. The Bertz CT molecular complexity index is 2960. The zero-order valence-corrected chi connectivity index (χ0v) is 26.6. The van der Waals surface area contributed by atoms with Gasteiger partial charge in [0.15, 0.2) is 0 Å². The van der Waals surface area contributed by atoms with E-state index in [1.54, 1.807) is 0 Å². The van der Waals surface area contributed by atoms with E-state index in [0.29, 0.717) is 5.95 Å². The number of aromatic nitrogens is 3. The normalized spacial score (nSPS) is 12.3. The van der Waals surface area contributed by atoms with Crippen LogP contribution in [0.25, 0.3) is 101 Å². The molecule has 0 aliphatic heterocycles. The minimum absolute atomic E-state index is 0.688. The molecule has 11 aromatic rings. The lowest BCUT2D eigenvalue weighted by Crippen LogP contribution is -2.03. The minimum atomic E-state index is 0.688. The summed E-state index contributed by atoms with van der Waals surface area (Å²) in [5, 5.41) is 11.2. The van der Waals surface area contributed by atoms with Crippen molar-refractivity contribution in [3.8, 4) is 17.2 Å². The largest absolute Gasteiger partial charge is 0.278 e. The van der Waals surface area contributed by atoms with Gasteiger partial charge in [0, 0.05) is 62.1 Å². The van der Waals surface area contributed by atoms with E-state index in [2.05, 4.69) is 144 Å². The maximum absolute atomic E-state index is 5.42. The zero-order chi connectivity index (χ0) is 30.6. The van der Waals surface area contributed by atoms with Crippen molar-refractivity contribution in [2.45, 2.75) is 0 Å². The van der Waals surface area contributed by atoms with Gasteiger partial charge in [0.25, 0.3) is 0 Å². The maximum Gasteiger partial charge on any atom is 0.235 e. The van der Waals surface area contributed by atoms with Gasteiger partial charge < -0.3 is 0 Å². The molecule has 0 fully saturated rings. The van der Waals surface area contributed by atoms with Gasteiger partial charge in [-0.1, -0.05) is 103 Å². The number of hydrogen-bond acceptors (Lipinski definition) is 4. The quantitative estimate of drug-likeness (QED) is 0.190. The van der Waals surface area contributed by atoms with Crippen LogP contribution in [0.5, 0.6) is 0 Å². The third-order valence-corrected chi connectivity index (χ3v) is 12.0. The first kappa shape index (κ1) is 25.6. The number of nitrogens with zero attached hydrogens (tertiary/aromatic N) is 3. The summed E-state index contributed by atoms with van der Waals surface area (Å²) >= 11 is 3.77. The van der Waals surface area contributed by atoms with Gasteiger partial charge in [-0.2, -0.15) is 0 Å². The molecular weight excluding hydrogens is 611 g/mol. The fraction of sp³-hybridized carbons (Fsp3) is 0. The van der Waals surface area contributed by atoms with E-state index in [4.69, 9.17) is 9.97 Å². The van der Waals surface area contributed by atoms with Crippen LogP contribution >= 0.6 is 22.7 Å². The first-order chi connectivity index (χ1) is 23.3. The Labute approximate surface area is 276 Å². The predicted molar refractivity (Wildman–Crippen MR) is 203 cm³/mol. The molecule has 0 amide bonds. The SMILES string of the molecule is c1ccc2cc(-c3nc(-n4c5ccc6c7ccccc7sc6c5c5c6sc7ccccc7c6ccc54)nc4ccccc34)ccc2c1. The van der Waals surface area contributed by atoms with Crippen LogP contribution in [0, 0.1) is 0 Å². The summed E-state index contributed by atoms with van der Waals surface area (Å²) < 4.78 is 7.54. The number of benzene rings is 7. The first-order valence-corrected chi connectivity index (χ1v) is 17.4. The Kier molecular flexibility index (Phi) is 5.14. The molecule has 0 saturated heterocycles. The summed E-state index contributed by atoms with van der Waals surface area (Å²) in [5.41, 5.74) is 5.22. The van der Waals surface area contributed by atoms with E-state index in [1.807, 2.05) is 22.7 Å². The highest BCUT2D eigenvalue weighted by Gasteiger charge is 2.23. The molecule has 5 heteroatoms. The van der Waals surface area contributed by atoms with E-state index in [-0.39, 0.29) is 0 Å². The second-order valence-corrected chi connectivity index (χ2v) is 14.3. The van der Waals surface area contributed by atoms with E-state index in [0.717, 1.165) is 33.2 Å². The van der Waals surface area contributed by atoms with Crippen LogP contribution in [0.3, 0.4) is 0 Å². The summed E-state index contributed by atoms with van der Waals surface area (Å²) in [4.78, 5) is 10.7. The number of fused-ring (bicyclic) bond motifs is 13. The highest BCUT2D eigenvalue weighted by atomic mass is 32.1. The Morgan fingerprint density at radius 1 is 0.447 bits per heavy atom. The lowest BCUT2D eigenvalue weighted by atomic mass is 10.0. The van der Waals surface area contributed by atoms with E-state index in [1.165, 1.54) is 61.9 Å². The molecule has 0 N–H and O–H groups in total. The molecule has 0 bridgehead atoms. The van der Waals surface area contributed by atoms with Gasteiger partial charge >= 0.3 is 0 Å². The van der Waals surface area contributed by atoms with E-state index < -0.39 is 0 Å². The van der Waals surface area contributed by atoms with Crippen molar-refractivity contribution in [3.63, 3.8) is 0 Å². The van der Waals surface area contributed by atoms with E-state index >= 15 is 0 Å². The molecule has 0 unspecified atom stereocenters. The molecule has 11 rings (SSSR count). The van der Waals surface area contributed by atoms with Crippen molar-refractivity contribution in [2.75, 3.05) is 0 Å². The number of para-hydroxylation sites is 1. The molecule has 0 aliphatic carbocycles. The molecule has 7 aromatic carbocycles. The Hall–Kier alpha value is -5.62. The van der Waals surface area contributed by atoms with Gasteiger partial charge in [-0.25, -0.2) is 9.97 Å². The molecule has 0 atom stereocenters. The van der Waals surface area contributed by atoms with Crippen molar-refractivity contribution in [1.29, 1.82) is 0 Å². The van der Waals surface area contributed by atoms with Crippen molar-refractivity contribution in [1.82, 2.24) is 14.5 Å². The van der Waals surface area contributed by atoms with Crippen LogP contribution < -0.4 is 0 Å². The number of rotatable bonds is 2. The fourth-order valence-corrected chi connectivity index (χ4v) is 9.98. The van der Waals surface area contributed by atoms with E-state index in [9.17, 15) is 0 Å². The Morgan fingerprint density at radius 3 is 1.70 bits per heavy atom. The van der Waals surface area contributed by atoms with Crippen LogP contribution in [0.1, 0.15) is 0 Å². The summed E-state index contributed by atoms with van der Waals surface area (Å²) in [6.07, 6.45) is 0. The van der Waals surface area contributed by atoms with Crippen LogP contribution in [0.2, 0.25) is 0 Å². The molecule has 218 valence electrons. The van der Waals surface area contributed by atoms with Crippen molar-refractivity contribution in [2.24, 2.45) is 0 Å². The van der Waals surface area contributed by atoms with Crippen LogP contribution in [0.15, 0.2) is 140 Å². The molecule has 0 saturated carbocycles. The average Bonchev–Trinajstić information content (AvgIpc) is 3.80. The Balaban J connectivity index is 1.31. The maximum atomic E-state index is 5.42. The predicted octanol–water partition coefficient (Wildman–Crippen LogP) is 12.3. The molecule has 3 nitrogen and oxygen atoms in total. The van der Waals surface area contributed by atoms with Crippen LogP contribution in [-0.2, 0) is 0 Å². The monoisotopic (exact) mass is 633 g/mol. The van der Waals surface area contributed by atoms with Gasteiger partial charge in [-0.05, 0) is 47.2 Å². The van der Waals surface area contributed by atoms with Crippen LogP contribution in [0.4, 0.5) is 0 Å². The second-order valence-electron chi connectivity index (χ2n) is 12.2. The molecule has 0 radical (unpaired) electrons. The smallest absolute Gasteiger partial charge is 0.235 e. The average molecular weight is 634 g/mol.